The third-order valence-corrected chi connectivity index (χ3v) is 2.80. The van der Waals surface area contributed by atoms with Crippen LogP contribution in [0.2, 0.25) is 0 Å². The minimum atomic E-state index is -0.986. The lowest BCUT2D eigenvalue weighted by molar-refractivity contribution is -0.135. The van der Waals surface area contributed by atoms with Crippen molar-refractivity contribution in [2.75, 3.05) is 0 Å². The zero-order valence-electron chi connectivity index (χ0n) is 8.81. The number of carbonyl (C=O) groups excluding carboxylic acids is 3. The Bertz CT molecular complexity index is 418. The molecule has 0 spiro atoms. The first kappa shape index (κ1) is 10.7. The van der Waals surface area contributed by atoms with E-state index >= 15 is 0 Å². The Balaban J connectivity index is 2.09. The molecule has 1 fully saturated rings. The zero-order valence-corrected chi connectivity index (χ0v) is 8.81. The maximum Gasteiger partial charge on any atom is 0.155 e. The highest BCUT2D eigenvalue weighted by Gasteiger charge is 2.37. The van der Waals surface area contributed by atoms with Crippen molar-refractivity contribution in [1.29, 1.82) is 0 Å². The molecule has 1 aromatic carbocycles. The fourth-order valence-corrected chi connectivity index (χ4v) is 1.97. The van der Waals surface area contributed by atoms with E-state index in [2.05, 4.69) is 0 Å². The van der Waals surface area contributed by atoms with Crippen molar-refractivity contribution in [2.24, 2.45) is 5.92 Å². The summed E-state index contributed by atoms with van der Waals surface area (Å²) in [6, 6.07) is 9.17. The molecule has 3 nitrogen and oxygen atoms in total. The molecule has 0 radical (unpaired) electrons. The highest BCUT2D eigenvalue weighted by atomic mass is 16.2. The van der Waals surface area contributed by atoms with Crippen LogP contribution in [0.15, 0.2) is 30.3 Å². The smallest absolute Gasteiger partial charge is 0.155 e. The molecule has 0 aromatic heterocycles. The normalized spacial score (nSPS) is 16.8. The Morgan fingerprint density at radius 3 is 2.19 bits per heavy atom. The summed E-state index contributed by atoms with van der Waals surface area (Å²) in [5.74, 6) is -1.68. The molecule has 0 atom stereocenters. The summed E-state index contributed by atoms with van der Waals surface area (Å²) in [6.07, 6.45) is 0.622. The number of hydrogen-bond donors (Lipinski definition) is 0. The van der Waals surface area contributed by atoms with Crippen LogP contribution in [-0.2, 0) is 20.8 Å². The molecule has 0 saturated heterocycles. The van der Waals surface area contributed by atoms with Gasteiger partial charge < -0.3 is 0 Å². The van der Waals surface area contributed by atoms with E-state index in [1.807, 2.05) is 30.3 Å². The minimum absolute atomic E-state index is 0.170. The molecule has 1 aliphatic rings. The van der Waals surface area contributed by atoms with Crippen molar-refractivity contribution in [3.8, 4) is 0 Å². The lowest BCUT2D eigenvalue weighted by Gasteiger charge is -2.05. The molecule has 2 rings (SSSR count). The lowest BCUT2D eigenvalue weighted by atomic mass is 9.95. The van der Waals surface area contributed by atoms with Crippen LogP contribution >= 0.6 is 0 Å². The van der Waals surface area contributed by atoms with Gasteiger partial charge in [-0.15, -0.1) is 0 Å². The van der Waals surface area contributed by atoms with Crippen molar-refractivity contribution < 1.29 is 14.4 Å². The summed E-state index contributed by atoms with van der Waals surface area (Å²) in [5, 5.41) is 0. The van der Waals surface area contributed by atoms with Crippen LogP contribution in [0.3, 0.4) is 0 Å². The summed E-state index contributed by atoms with van der Waals surface area (Å²) in [6.45, 7) is 0. The van der Waals surface area contributed by atoms with Crippen LogP contribution in [0.5, 0.6) is 0 Å². The molecule has 0 amide bonds. The second-order valence-electron chi connectivity index (χ2n) is 3.99. The van der Waals surface area contributed by atoms with Gasteiger partial charge in [-0.05, 0) is 5.56 Å². The molecule has 16 heavy (non-hydrogen) atoms. The molecule has 1 aromatic rings. The Morgan fingerprint density at radius 2 is 1.62 bits per heavy atom. The van der Waals surface area contributed by atoms with E-state index in [-0.39, 0.29) is 36.6 Å². The first-order chi connectivity index (χ1) is 7.68. The van der Waals surface area contributed by atoms with Crippen LogP contribution in [0.25, 0.3) is 0 Å². The highest BCUT2D eigenvalue weighted by molar-refractivity contribution is 6.23. The topological polar surface area (TPSA) is 51.2 Å². The number of rotatable bonds is 3. The van der Waals surface area contributed by atoms with Crippen molar-refractivity contribution >= 4 is 17.3 Å². The quantitative estimate of drug-likeness (QED) is 0.716. The maximum atomic E-state index is 11.8. The summed E-state index contributed by atoms with van der Waals surface area (Å²) >= 11 is 0. The summed E-state index contributed by atoms with van der Waals surface area (Å²) in [5.41, 5.74) is 0.847. The first-order valence-electron chi connectivity index (χ1n) is 5.30. The van der Waals surface area contributed by atoms with E-state index in [0.29, 0.717) is 0 Å². The van der Waals surface area contributed by atoms with Crippen molar-refractivity contribution in [3.05, 3.63) is 35.9 Å². The summed E-state index contributed by atoms with van der Waals surface area (Å²) in [4.78, 5) is 34.5. The van der Waals surface area contributed by atoms with Gasteiger partial charge in [-0.1, -0.05) is 30.3 Å². The first-order valence-corrected chi connectivity index (χ1v) is 5.30. The molecule has 1 saturated carbocycles. The van der Waals surface area contributed by atoms with Gasteiger partial charge >= 0.3 is 0 Å². The van der Waals surface area contributed by atoms with Gasteiger partial charge in [0.25, 0.3) is 0 Å². The van der Waals surface area contributed by atoms with Crippen LogP contribution in [0.4, 0.5) is 0 Å². The van der Waals surface area contributed by atoms with Crippen LogP contribution in [0.1, 0.15) is 18.4 Å². The standard InChI is InChI=1S/C13H12O3/c14-10-6-7-11(15)13(10)12(16)8-9-4-2-1-3-5-9/h1-5,13H,6-8H2. The molecule has 0 aliphatic heterocycles. The van der Waals surface area contributed by atoms with E-state index in [4.69, 9.17) is 0 Å². The predicted molar refractivity (Wildman–Crippen MR) is 57.9 cm³/mol. The SMILES string of the molecule is O=C1CCC(=O)C1C(=O)Cc1ccccc1. The van der Waals surface area contributed by atoms with Crippen molar-refractivity contribution in [2.45, 2.75) is 19.3 Å². The molecular formula is C13H12O3. The van der Waals surface area contributed by atoms with Gasteiger partial charge in [0.15, 0.2) is 17.3 Å². The van der Waals surface area contributed by atoms with Gasteiger partial charge in [-0.3, -0.25) is 14.4 Å². The molecule has 3 heteroatoms. The van der Waals surface area contributed by atoms with E-state index in [9.17, 15) is 14.4 Å². The zero-order chi connectivity index (χ0) is 11.5. The number of hydrogen-bond acceptors (Lipinski definition) is 3. The predicted octanol–water partition coefficient (Wildman–Crippen LogP) is 1.35. The summed E-state index contributed by atoms with van der Waals surface area (Å²) < 4.78 is 0. The molecule has 0 unspecified atom stereocenters. The van der Waals surface area contributed by atoms with Crippen molar-refractivity contribution in [1.82, 2.24) is 0 Å². The number of carbonyl (C=O) groups is 3. The number of Topliss-reactive ketones (excluding diaryl/α,β-unsaturated/α-hetero) is 3. The Hall–Kier alpha value is -1.77. The van der Waals surface area contributed by atoms with Gasteiger partial charge in [0.05, 0.1) is 0 Å². The van der Waals surface area contributed by atoms with Crippen LogP contribution < -0.4 is 0 Å². The second kappa shape index (κ2) is 4.39. The minimum Gasteiger partial charge on any atom is -0.298 e. The van der Waals surface area contributed by atoms with E-state index in [1.165, 1.54) is 0 Å². The Morgan fingerprint density at radius 1 is 1.06 bits per heavy atom. The van der Waals surface area contributed by atoms with Gasteiger partial charge in [0.1, 0.15) is 5.92 Å². The maximum absolute atomic E-state index is 11.8. The lowest BCUT2D eigenvalue weighted by Crippen LogP contribution is -2.26. The molecule has 1 aliphatic carbocycles. The average molecular weight is 216 g/mol. The van der Waals surface area contributed by atoms with Gasteiger partial charge in [0.2, 0.25) is 0 Å². The molecule has 0 bridgehead atoms. The number of benzene rings is 1. The summed E-state index contributed by atoms with van der Waals surface area (Å²) in [7, 11) is 0. The fraction of sp³-hybridized carbons (Fsp3) is 0.308. The average Bonchev–Trinajstić information content (AvgIpc) is 2.60. The second-order valence-corrected chi connectivity index (χ2v) is 3.99. The third kappa shape index (κ3) is 2.08. The van der Waals surface area contributed by atoms with Crippen LogP contribution in [0, 0.1) is 5.92 Å². The third-order valence-electron chi connectivity index (χ3n) is 2.80. The Labute approximate surface area is 93.5 Å². The van der Waals surface area contributed by atoms with Gasteiger partial charge in [-0.2, -0.15) is 0 Å². The Kier molecular flexibility index (Phi) is 2.95. The molecule has 0 heterocycles. The fourth-order valence-electron chi connectivity index (χ4n) is 1.97. The van der Waals surface area contributed by atoms with Gasteiger partial charge in [0, 0.05) is 19.3 Å². The largest absolute Gasteiger partial charge is 0.298 e. The highest BCUT2D eigenvalue weighted by Crippen LogP contribution is 2.20. The van der Waals surface area contributed by atoms with E-state index in [1.54, 1.807) is 0 Å². The van der Waals surface area contributed by atoms with E-state index < -0.39 is 5.92 Å². The molecule has 0 N–H and O–H groups in total. The van der Waals surface area contributed by atoms with Crippen molar-refractivity contribution in [3.63, 3.8) is 0 Å². The number of ketones is 3. The molecular weight excluding hydrogens is 204 g/mol. The monoisotopic (exact) mass is 216 g/mol. The molecule has 82 valence electrons. The van der Waals surface area contributed by atoms with Gasteiger partial charge in [-0.25, -0.2) is 0 Å². The van der Waals surface area contributed by atoms with Crippen LogP contribution in [-0.4, -0.2) is 17.3 Å². The van der Waals surface area contributed by atoms with E-state index in [0.717, 1.165) is 5.56 Å².